The third-order valence-corrected chi connectivity index (χ3v) is 5.16. The van der Waals surface area contributed by atoms with Crippen LogP contribution in [0.4, 0.5) is 4.39 Å². The molecule has 2 aromatic rings. The van der Waals surface area contributed by atoms with Crippen molar-refractivity contribution in [2.24, 2.45) is 0 Å². The Hall–Kier alpha value is -1.47. The first-order chi connectivity index (χ1) is 10.6. The van der Waals surface area contributed by atoms with Crippen LogP contribution in [-0.2, 0) is 15.6 Å². The third-order valence-electron chi connectivity index (χ3n) is 3.51. The highest BCUT2D eigenvalue weighted by molar-refractivity contribution is 7.89. The summed E-state index contributed by atoms with van der Waals surface area (Å²) in [6.07, 6.45) is 0. The first-order valence-corrected chi connectivity index (χ1v) is 8.72. The number of aryl methyl sites for hydroxylation is 1. The Bertz CT molecular complexity index is 805. The summed E-state index contributed by atoms with van der Waals surface area (Å²) in [5, 5.41) is 11.0. The maximum Gasteiger partial charge on any atom is 0.240 e. The molecule has 0 aromatic heterocycles. The van der Waals surface area contributed by atoms with Crippen LogP contribution >= 0.6 is 11.6 Å². The van der Waals surface area contributed by atoms with Crippen molar-refractivity contribution < 1.29 is 17.9 Å². The molecular formula is C16H17ClFNO3S. The van der Waals surface area contributed by atoms with Gasteiger partial charge in [-0.05, 0) is 55.3 Å². The van der Waals surface area contributed by atoms with E-state index in [0.717, 1.165) is 6.07 Å². The molecule has 23 heavy (non-hydrogen) atoms. The largest absolute Gasteiger partial charge is 0.384 e. The van der Waals surface area contributed by atoms with Crippen molar-refractivity contribution in [3.05, 3.63) is 64.4 Å². The van der Waals surface area contributed by atoms with E-state index in [1.807, 2.05) is 0 Å². The first-order valence-electron chi connectivity index (χ1n) is 6.86. The summed E-state index contributed by atoms with van der Waals surface area (Å²) in [7, 11) is -3.85. The zero-order chi connectivity index (χ0) is 17.3. The second-order valence-corrected chi connectivity index (χ2v) is 7.72. The van der Waals surface area contributed by atoms with Gasteiger partial charge in [0.05, 0.1) is 4.90 Å². The standard InChI is InChI=1S/C16H17ClFNO3S/c1-11-9-14(7-8-15(11)18)23(21,22)19-10-16(2,20)12-3-5-13(17)6-4-12/h3-9,19-20H,10H2,1-2H3. The van der Waals surface area contributed by atoms with Crippen LogP contribution in [0, 0.1) is 12.7 Å². The molecule has 2 rings (SSSR count). The maximum atomic E-state index is 13.2. The van der Waals surface area contributed by atoms with Gasteiger partial charge in [-0.2, -0.15) is 0 Å². The molecule has 0 radical (unpaired) electrons. The van der Waals surface area contributed by atoms with Crippen LogP contribution in [0.3, 0.4) is 0 Å². The average Bonchev–Trinajstić information content (AvgIpc) is 2.48. The normalized spacial score (nSPS) is 14.5. The van der Waals surface area contributed by atoms with Gasteiger partial charge in [-0.25, -0.2) is 17.5 Å². The lowest BCUT2D eigenvalue weighted by Crippen LogP contribution is -2.38. The zero-order valence-corrected chi connectivity index (χ0v) is 14.2. The molecule has 4 nitrogen and oxygen atoms in total. The van der Waals surface area contributed by atoms with Crippen molar-refractivity contribution >= 4 is 21.6 Å². The second kappa shape index (κ2) is 6.57. The fourth-order valence-corrected chi connectivity index (χ4v) is 3.36. The Morgan fingerprint density at radius 3 is 2.39 bits per heavy atom. The Balaban J connectivity index is 2.17. The highest BCUT2D eigenvalue weighted by atomic mass is 35.5. The predicted octanol–water partition coefficient (Wildman–Crippen LogP) is 2.97. The van der Waals surface area contributed by atoms with Gasteiger partial charge in [-0.15, -0.1) is 0 Å². The molecule has 7 heteroatoms. The van der Waals surface area contributed by atoms with Gasteiger partial charge >= 0.3 is 0 Å². The van der Waals surface area contributed by atoms with Crippen LogP contribution in [0.15, 0.2) is 47.4 Å². The number of benzene rings is 2. The second-order valence-electron chi connectivity index (χ2n) is 5.52. The van der Waals surface area contributed by atoms with E-state index in [2.05, 4.69) is 4.72 Å². The highest BCUT2D eigenvalue weighted by Gasteiger charge is 2.26. The fraction of sp³-hybridized carbons (Fsp3) is 0.250. The Morgan fingerprint density at radius 1 is 1.22 bits per heavy atom. The van der Waals surface area contributed by atoms with Gasteiger partial charge in [0.25, 0.3) is 0 Å². The van der Waals surface area contributed by atoms with Crippen LogP contribution in [0.2, 0.25) is 5.02 Å². The number of hydrogen-bond acceptors (Lipinski definition) is 3. The molecule has 0 fully saturated rings. The lowest BCUT2D eigenvalue weighted by atomic mass is 9.97. The van der Waals surface area contributed by atoms with Crippen molar-refractivity contribution in [1.82, 2.24) is 4.72 Å². The minimum absolute atomic E-state index is 0.0525. The summed E-state index contributed by atoms with van der Waals surface area (Å²) in [5.41, 5.74) is -0.649. The SMILES string of the molecule is Cc1cc(S(=O)(=O)NCC(C)(O)c2ccc(Cl)cc2)ccc1F. The molecule has 0 aliphatic rings. The number of hydrogen-bond donors (Lipinski definition) is 2. The molecule has 2 aromatic carbocycles. The lowest BCUT2D eigenvalue weighted by Gasteiger charge is -2.24. The molecule has 1 atom stereocenters. The number of nitrogens with one attached hydrogen (secondary N) is 1. The van der Waals surface area contributed by atoms with Crippen molar-refractivity contribution in [1.29, 1.82) is 0 Å². The molecule has 0 aliphatic heterocycles. The number of rotatable bonds is 5. The van der Waals surface area contributed by atoms with E-state index in [-0.39, 0.29) is 17.0 Å². The molecule has 0 saturated carbocycles. The van der Waals surface area contributed by atoms with E-state index < -0.39 is 21.4 Å². The van der Waals surface area contributed by atoms with Gasteiger partial charge in [0, 0.05) is 11.6 Å². The molecule has 0 heterocycles. The minimum atomic E-state index is -3.85. The van der Waals surface area contributed by atoms with Crippen LogP contribution in [-0.4, -0.2) is 20.1 Å². The summed E-state index contributed by atoms with van der Waals surface area (Å²) >= 11 is 5.80. The van der Waals surface area contributed by atoms with E-state index >= 15 is 0 Å². The number of sulfonamides is 1. The van der Waals surface area contributed by atoms with Gasteiger partial charge < -0.3 is 5.11 Å². The van der Waals surface area contributed by atoms with Crippen LogP contribution in [0.1, 0.15) is 18.1 Å². The summed E-state index contributed by atoms with van der Waals surface area (Å²) in [4.78, 5) is -0.0525. The van der Waals surface area contributed by atoms with E-state index in [0.29, 0.717) is 10.6 Å². The lowest BCUT2D eigenvalue weighted by molar-refractivity contribution is 0.0627. The maximum absolute atomic E-state index is 13.2. The van der Waals surface area contributed by atoms with Crippen LogP contribution in [0.25, 0.3) is 0 Å². The topological polar surface area (TPSA) is 66.4 Å². The van der Waals surface area contributed by atoms with Gasteiger partial charge in [0.2, 0.25) is 10.0 Å². The third kappa shape index (κ3) is 4.29. The monoisotopic (exact) mass is 357 g/mol. The van der Waals surface area contributed by atoms with Crippen molar-refractivity contribution in [3.8, 4) is 0 Å². The molecule has 0 bridgehead atoms. The summed E-state index contributed by atoms with van der Waals surface area (Å²) < 4.78 is 40.1. The molecular weight excluding hydrogens is 341 g/mol. The van der Waals surface area contributed by atoms with E-state index in [4.69, 9.17) is 11.6 Å². The average molecular weight is 358 g/mol. The molecule has 0 amide bonds. The zero-order valence-electron chi connectivity index (χ0n) is 12.7. The van der Waals surface area contributed by atoms with Crippen molar-refractivity contribution in [3.63, 3.8) is 0 Å². The Morgan fingerprint density at radius 2 is 1.83 bits per heavy atom. The Labute approximate surface area is 140 Å². The first kappa shape index (κ1) is 17.9. The van der Waals surface area contributed by atoms with Gasteiger partial charge in [0.1, 0.15) is 11.4 Å². The molecule has 0 saturated heterocycles. The molecule has 0 aliphatic carbocycles. The summed E-state index contributed by atoms with van der Waals surface area (Å²) in [5.74, 6) is -0.475. The highest BCUT2D eigenvalue weighted by Crippen LogP contribution is 2.22. The van der Waals surface area contributed by atoms with Crippen molar-refractivity contribution in [2.75, 3.05) is 6.54 Å². The van der Waals surface area contributed by atoms with Crippen LogP contribution in [0.5, 0.6) is 0 Å². The summed E-state index contributed by atoms with van der Waals surface area (Å²) in [6, 6.07) is 10.0. The van der Waals surface area contributed by atoms with Gasteiger partial charge in [-0.3, -0.25) is 0 Å². The minimum Gasteiger partial charge on any atom is -0.384 e. The fourth-order valence-electron chi connectivity index (χ4n) is 2.01. The Kier molecular flexibility index (Phi) is 5.10. The molecule has 0 spiro atoms. The van der Waals surface area contributed by atoms with Crippen molar-refractivity contribution in [2.45, 2.75) is 24.3 Å². The molecule has 1 unspecified atom stereocenters. The van der Waals surface area contributed by atoms with E-state index in [9.17, 15) is 17.9 Å². The molecule has 124 valence electrons. The number of aliphatic hydroxyl groups is 1. The smallest absolute Gasteiger partial charge is 0.240 e. The molecule has 2 N–H and O–H groups in total. The van der Waals surface area contributed by atoms with Gasteiger partial charge in [-0.1, -0.05) is 23.7 Å². The van der Waals surface area contributed by atoms with E-state index in [1.54, 1.807) is 24.3 Å². The summed E-state index contributed by atoms with van der Waals surface area (Å²) in [6.45, 7) is 2.75. The van der Waals surface area contributed by atoms with E-state index in [1.165, 1.54) is 26.0 Å². The quantitative estimate of drug-likeness (QED) is 0.864. The van der Waals surface area contributed by atoms with Gasteiger partial charge in [0.15, 0.2) is 0 Å². The van der Waals surface area contributed by atoms with Crippen LogP contribution < -0.4 is 4.72 Å². The predicted molar refractivity (Wildman–Crippen MR) is 87.3 cm³/mol. The number of halogens is 2.